The van der Waals surface area contributed by atoms with Crippen molar-refractivity contribution in [3.05, 3.63) is 32.5 Å². The smallest absolute Gasteiger partial charge is 0.163 e. The molecular formula is C20H31IO3. The number of fused-ring (bicyclic) bond motifs is 1. The Morgan fingerprint density at radius 1 is 1.29 bits per heavy atom. The largest absolute Gasteiger partial charge is 0.396 e. The van der Waals surface area contributed by atoms with Crippen molar-refractivity contribution in [2.45, 2.75) is 72.2 Å². The minimum absolute atomic E-state index is 0.00543. The van der Waals surface area contributed by atoms with E-state index in [9.17, 15) is 10.2 Å². The van der Waals surface area contributed by atoms with Gasteiger partial charge in [-0.3, -0.25) is 0 Å². The molecule has 4 atom stereocenters. The van der Waals surface area contributed by atoms with E-state index in [4.69, 9.17) is 4.74 Å². The van der Waals surface area contributed by atoms with Gasteiger partial charge in [0.15, 0.2) is 6.29 Å². The Bertz CT molecular complexity index is 545. The van der Waals surface area contributed by atoms with Crippen molar-refractivity contribution in [3.63, 3.8) is 0 Å². The molecule has 2 aliphatic rings. The number of hydrogen-bond donors (Lipinski definition) is 2. The highest BCUT2D eigenvalue weighted by molar-refractivity contribution is 14.1. The predicted octanol–water partition coefficient (Wildman–Crippen LogP) is 4.88. The fourth-order valence-corrected chi connectivity index (χ4v) is 4.57. The van der Waals surface area contributed by atoms with E-state index in [1.807, 2.05) is 0 Å². The van der Waals surface area contributed by atoms with E-state index >= 15 is 0 Å². The summed E-state index contributed by atoms with van der Waals surface area (Å²) >= 11 is 2.28. The monoisotopic (exact) mass is 446 g/mol. The van der Waals surface area contributed by atoms with Crippen LogP contribution in [0.5, 0.6) is 0 Å². The quantitative estimate of drug-likeness (QED) is 0.452. The van der Waals surface area contributed by atoms with E-state index in [1.165, 1.54) is 22.3 Å². The molecule has 0 aromatic rings. The van der Waals surface area contributed by atoms with Gasteiger partial charge in [0, 0.05) is 5.92 Å². The Labute approximate surface area is 160 Å². The number of rotatable bonds is 6. The van der Waals surface area contributed by atoms with E-state index in [0.29, 0.717) is 0 Å². The van der Waals surface area contributed by atoms with Crippen LogP contribution in [0.25, 0.3) is 0 Å². The van der Waals surface area contributed by atoms with E-state index in [-0.39, 0.29) is 18.6 Å². The molecule has 0 amide bonds. The molecule has 0 aromatic heterocycles. The van der Waals surface area contributed by atoms with Crippen LogP contribution in [0.3, 0.4) is 0 Å². The lowest BCUT2D eigenvalue weighted by Crippen LogP contribution is -2.37. The molecule has 0 spiro atoms. The SMILES string of the molecule is CC(C)=C1CC[C@]2(CO)[C@@H](O)O[C@@H](C/C(C)=C/CC/C(C)=C/I)[C@H]12. The molecule has 2 rings (SSSR count). The molecule has 136 valence electrons. The second kappa shape index (κ2) is 8.47. The van der Waals surface area contributed by atoms with E-state index in [0.717, 1.165) is 32.1 Å². The molecule has 0 aromatic carbocycles. The number of aliphatic hydroxyl groups is 2. The van der Waals surface area contributed by atoms with Gasteiger partial charge in [-0.25, -0.2) is 0 Å². The van der Waals surface area contributed by atoms with Crippen LogP contribution in [0.1, 0.15) is 59.8 Å². The van der Waals surface area contributed by atoms with Gasteiger partial charge in [-0.1, -0.05) is 51.0 Å². The van der Waals surface area contributed by atoms with Gasteiger partial charge >= 0.3 is 0 Å². The van der Waals surface area contributed by atoms with Gasteiger partial charge < -0.3 is 14.9 Å². The zero-order valence-electron chi connectivity index (χ0n) is 15.3. The Morgan fingerprint density at radius 3 is 2.58 bits per heavy atom. The summed E-state index contributed by atoms with van der Waals surface area (Å²) in [4.78, 5) is 0. The average molecular weight is 446 g/mol. The van der Waals surface area contributed by atoms with Crippen molar-refractivity contribution in [2.24, 2.45) is 11.3 Å². The van der Waals surface area contributed by atoms with Gasteiger partial charge in [0.2, 0.25) is 0 Å². The van der Waals surface area contributed by atoms with E-state index in [1.54, 1.807) is 0 Å². The standard InChI is InChI=1S/C20H31IO3/c1-13(2)16-8-9-20(12-22)18(16)17(24-19(20)23)10-14(3)6-5-7-15(4)11-21/h6,11,17-19,22-23H,5,7-10,12H2,1-4H3/b14-6+,15-11+/t17-,18-,19-,20+/m0/s1. The number of aliphatic hydroxyl groups excluding tert-OH is 2. The number of hydrogen-bond acceptors (Lipinski definition) is 3. The van der Waals surface area contributed by atoms with Gasteiger partial charge in [-0.15, -0.1) is 0 Å². The van der Waals surface area contributed by atoms with Crippen molar-refractivity contribution in [1.29, 1.82) is 0 Å². The maximum absolute atomic E-state index is 10.5. The molecule has 24 heavy (non-hydrogen) atoms. The van der Waals surface area contributed by atoms with Crippen molar-refractivity contribution in [3.8, 4) is 0 Å². The first-order chi connectivity index (χ1) is 11.4. The van der Waals surface area contributed by atoms with Crippen LogP contribution in [-0.4, -0.2) is 29.2 Å². The van der Waals surface area contributed by atoms with E-state index < -0.39 is 11.7 Å². The molecular weight excluding hydrogens is 415 g/mol. The van der Waals surface area contributed by atoms with Crippen LogP contribution >= 0.6 is 22.6 Å². The van der Waals surface area contributed by atoms with Crippen LogP contribution in [0.4, 0.5) is 0 Å². The Kier molecular flexibility index (Phi) is 7.11. The lowest BCUT2D eigenvalue weighted by molar-refractivity contribution is -0.146. The van der Waals surface area contributed by atoms with Crippen molar-refractivity contribution < 1.29 is 14.9 Å². The van der Waals surface area contributed by atoms with Crippen LogP contribution in [0, 0.1) is 11.3 Å². The van der Waals surface area contributed by atoms with Crippen molar-refractivity contribution >= 4 is 22.6 Å². The molecule has 1 aliphatic heterocycles. The maximum atomic E-state index is 10.5. The third kappa shape index (κ3) is 3.97. The highest BCUT2D eigenvalue weighted by Gasteiger charge is 2.59. The van der Waals surface area contributed by atoms with Gasteiger partial charge in [-0.05, 0) is 63.9 Å². The molecule has 1 aliphatic carbocycles. The third-order valence-electron chi connectivity index (χ3n) is 5.70. The van der Waals surface area contributed by atoms with Crippen LogP contribution in [0.15, 0.2) is 32.5 Å². The van der Waals surface area contributed by atoms with Gasteiger partial charge in [0.25, 0.3) is 0 Å². The van der Waals surface area contributed by atoms with Crippen LogP contribution < -0.4 is 0 Å². The normalized spacial score (nSPS) is 34.0. The molecule has 2 fully saturated rings. The Hall–Kier alpha value is -0.170. The van der Waals surface area contributed by atoms with Crippen LogP contribution in [-0.2, 0) is 4.74 Å². The second-order valence-corrected chi connectivity index (χ2v) is 8.29. The number of ether oxygens (including phenoxy) is 1. The first kappa shape index (κ1) is 20.1. The molecule has 4 heteroatoms. The predicted molar refractivity (Wildman–Crippen MR) is 107 cm³/mol. The summed E-state index contributed by atoms with van der Waals surface area (Å²) in [6.45, 7) is 8.56. The summed E-state index contributed by atoms with van der Waals surface area (Å²) in [6, 6.07) is 0. The van der Waals surface area contributed by atoms with Gasteiger partial charge in [-0.2, -0.15) is 0 Å². The highest BCUT2D eigenvalue weighted by Crippen LogP contribution is 2.57. The minimum Gasteiger partial charge on any atom is -0.396 e. The fourth-order valence-electron chi connectivity index (χ4n) is 4.26. The first-order valence-corrected chi connectivity index (χ1v) is 10.1. The fraction of sp³-hybridized carbons (Fsp3) is 0.700. The molecule has 2 N–H and O–H groups in total. The Balaban J connectivity index is 2.13. The highest BCUT2D eigenvalue weighted by atomic mass is 127. The Morgan fingerprint density at radius 2 is 2.00 bits per heavy atom. The molecule has 1 saturated carbocycles. The van der Waals surface area contributed by atoms with E-state index in [2.05, 4.69) is 60.4 Å². The lowest BCUT2D eigenvalue weighted by atomic mass is 9.74. The summed E-state index contributed by atoms with van der Waals surface area (Å²) < 4.78 is 8.06. The third-order valence-corrected chi connectivity index (χ3v) is 6.76. The van der Waals surface area contributed by atoms with Crippen molar-refractivity contribution in [1.82, 2.24) is 0 Å². The van der Waals surface area contributed by atoms with Crippen molar-refractivity contribution in [2.75, 3.05) is 6.61 Å². The number of halogens is 1. The summed E-state index contributed by atoms with van der Waals surface area (Å²) in [5, 5.41) is 20.5. The topological polar surface area (TPSA) is 49.7 Å². The molecule has 0 bridgehead atoms. The average Bonchev–Trinajstić information content (AvgIpc) is 3.05. The second-order valence-electron chi connectivity index (χ2n) is 7.67. The zero-order valence-corrected chi connectivity index (χ0v) is 17.5. The van der Waals surface area contributed by atoms with Gasteiger partial charge in [0.1, 0.15) is 0 Å². The maximum Gasteiger partial charge on any atom is 0.163 e. The van der Waals surface area contributed by atoms with Gasteiger partial charge in [0.05, 0.1) is 18.1 Å². The molecule has 1 saturated heterocycles. The lowest BCUT2D eigenvalue weighted by Gasteiger charge is -2.29. The summed E-state index contributed by atoms with van der Waals surface area (Å²) in [5.74, 6) is 0.141. The minimum atomic E-state index is -0.855. The molecule has 0 radical (unpaired) electrons. The van der Waals surface area contributed by atoms with Crippen LogP contribution in [0.2, 0.25) is 0 Å². The molecule has 1 heterocycles. The number of allylic oxidation sites excluding steroid dienone is 3. The molecule has 0 unspecified atom stereocenters. The summed E-state index contributed by atoms with van der Waals surface area (Å²) in [5.41, 5.74) is 4.89. The summed E-state index contributed by atoms with van der Waals surface area (Å²) in [6.07, 6.45) is 6.13. The summed E-state index contributed by atoms with van der Waals surface area (Å²) in [7, 11) is 0. The molecule has 3 nitrogen and oxygen atoms in total. The first-order valence-electron chi connectivity index (χ1n) is 8.88. The zero-order chi connectivity index (χ0) is 17.9.